The van der Waals surface area contributed by atoms with E-state index in [2.05, 4.69) is 15.6 Å². The number of carbonyl (C=O) groups is 1. The van der Waals surface area contributed by atoms with Crippen LogP contribution in [0.2, 0.25) is 0 Å². The van der Waals surface area contributed by atoms with Crippen LogP contribution in [0.4, 0.5) is 4.39 Å². The van der Waals surface area contributed by atoms with E-state index < -0.39 is 0 Å². The van der Waals surface area contributed by atoms with Crippen molar-refractivity contribution in [3.05, 3.63) is 47.5 Å². The SMILES string of the molecule is C[C@@H](c1ccc(F)cc1)n1cc(C(=O)NCC[NH+](C)C)nn1. The number of halogens is 1. The molecule has 2 aromatic rings. The van der Waals surface area contributed by atoms with Gasteiger partial charge in [-0.1, -0.05) is 17.3 Å². The van der Waals surface area contributed by atoms with Gasteiger partial charge in [-0.15, -0.1) is 5.10 Å². The largest absolute Gasteiger partial charge is 0.345 e. The molecule has 6 nitrogen and oxygen atoms in total. The fourth-order valence-corrected chi connectivity index (χ4v) is 1.98. The zero-order valence-electron chi connectivity index (χ0n) is 13.0. The van der Waals surface area contributed by atoms with Gasteiger partial charge in [0.15, 0.2) is 5.69 Å². The van der Waals surface area contributed by atoms with Gasteiger partial charge in [0.05, 0.1) is 39.4 Å². The Balaban J connectivity index is 2.01. The molecule has 0 saturated heterocycles. The molecule has 0 fully saturated rings. The Hall–Kier alpha value is -2.28. The van der Waals surface area contributed by atoms with Crippen molar-refractivity contribution in [1.29, 1.82) is 0 Å². The van der Waals surface area contributed by atoms with Crippen molar-refractivity contribution in [2.45, 2.75) is 13.0 Å². The van der Waals surface area contributed by atoms with Crippen molar-refractivity contribution >= 4 is 5.91 Å². The molecule has 1 amide bonds. The second kappa shape index (κ2) is 7.13. The van der Waals surface area contributed by atoms with Crippen molar-refractivity contribution in [1.82, 2.24) is 20.3 Å². The molecule has 0 radical (unpaired) electrons. The third-order valence-corrected chi connectivity index (χ3v) is 3.40. The molecule has 0 aliphatic carbocycles. The fourth-order valence-electron chi connectivity index (χ4n) is 1.98. The highest BCUT2D eigenvalue weighted by molar-refractivity contribution is 5.91. The number of nitrogens with one attached hydrogen (secondary N) is 2. The second-order valence-corrected chi connectivity index (χ2v) is 5.52. The van der Waals surface area contributed by atoms with Crippen LogP contribution in [0.25, 0.3) is 0 Å². The average molecular weight is 306 g/mol. The zero-order chi connectivity index (χ0) is 16.1. The van der Waals surface area contributed by atoms with Crippen LogP contribution in [0.5, 0.6) is 0 Å². The molecule has 0 spiro atoms. The zero-order valence-corrected chi connectivity index (χ0v) is 13.0. The number of rotatable bonds is 6. The molecule has 0 unspecified atom stereocenters. The van der Waals surface area contributed by atoms with E-state index in [-0.39, 0.29) is 23.5 Å². The average Bonchev–Trinajstić information content (AvgIpc) is 2.96. The lowest BCUT2D eigenvalue weighted by Gasteiger charge is -2.11. The molecular weight excluding hydrogens is 285 g/mol. The Kier molecular flexibility index (Phi) is 5.21. The first-order valence-corrected chi connectivity index (χ1v) is 7.22. The minimum atomic E-state index is -0.280. The third kappa shape index (κ3) is 4.11. The number of hydrogen-bond acceptors (Lipinski definition) is 3. The van der Waals surface area contributed by atoms with Gasteiger partial charge >= 0.3 is 0 Å². The number of quaternary nitrogens is 1. The van der Waals surface area contributed by atoms with E-state index in [1.54, 1.807) is 23.0 Å². The van der Waals surface area contributed by atoms with Gasteiger partial charge in [-0.05, 0) is 24.6 Å². The smallest absolute Gasteiger partial charge is 0.273 e. The number of hydrogen-bond donors (Lipinski definition) is 2. The molecule has 0 bridgehead atoms. The molecule has 0 aliphatic heterocycles. The van der Waals surface area contributed by atoms with Gasteiger partial charge in [-0.3, -0.25) is 4.79 Å². The predicted molar refractivity (Wildman–Crippen MR) is 80.2 cm³/mol. The molecule has 2 N–H and O–H groups in total. The summed E-state index contributed by atoms with van der Waals surface area (Å²) < 4.78 is 14.5. The van der Waals surface area contributed by atoms with Crippen molar-refractivity contribution in [3.63, 3.8) is 0 Å². The maximum atomic E-state index is 12.9. The quantitative estimate of drug-likeness (QED) is 0.783. The summed E-state index contributed by atoms with van der Waals surface area (Å²) in [4.78, 5) is 13.2. The number of benzene rings is 1. The van der Waals surface area contributed by atoms with Crippen molar-refractivity contribution < 1.29 is 14.1 Å². The monoisotopic (exact) mass is 306 g/mol. The maximum Gasteiger partial charge on any atom is 0.273 e. The molecule has 0 saturated carbocycles. The molecule has 22 heavy (non-hydrogen) atoms. The molecule has 0 aliphatic rings. The normalized spacial score (nSPS) is 12.4. The van der Waals surface area contributed by atoms with E-state index in [1.807, 2.05) is 21.0 Å². The summed E-state index contributed by atoms with van der Waals surface area (Å²) in [7, 11) is 4.04. The first-order chi connectivity index (χ1) is 10.5. The van der Waals surface area contributed by atoms with E-state index in [4.69, 9.17) is 0 Å². The van der Waals surface area contributed by atoms with Gasteiger partial charge in [-0.25, -0.2) is 9.07 Å². The summed E-state index contributed by atoms with van der Waals surface area (Å²) in [5, 5.41) is 10.7. The molecular formula is C15H21FN5O+. The molecule has 7 heteroatoms. The third-order valence-electron chi connectivity index (χ3n) is 3.40. The first kappa shape index (κ1) is 16.1. The van der Waals surface area contributed by atoms with Crippen molar-refractivity contribution in [2.75, 3.05) is 27.2 Å². The summed E-state index contributed by atoms with van der Waals surface area (Å²) in [5.41, 5.74) is 1.18. The summed E-state index contributed by atoms with van der Waals surface area (Å²) in [6.07, 6.45) is 1.60. The van der Waals surface area contributed by atoms with E-state index in [0.717, 1.165) is 12.1 Å². The van der Waals surface area contributed by atoms with Gasteiger partial charge in [0, 0.05) is 0 Å². The Bertz CT molecular complexity index is 623. The maximum absolute atomic E-state index is 12.9. The Labute approximate surface area is 128 Å². The van der Waals surface area contributed by atoms with Gasteiger partial charge in [-0.2, -0.15) is 0 Å². The minimum Gasteiger partial charge on any atom is -0.345 e. The lowest BCUT2D eigenvalue weighted by molar-refractivity contribution is -0.856. The van der Waals surface area contributed by atoms with E-state index in [0.29, 0.717) is 6.54 Å². The van der Waals surface area contributed by atoms with Crippen LogP contribution >= 0.6 is 0 Å². The Morgan fingerprint density at radius 1 is 1.36 bits per heavy atom. The Morgan fingerprint density at radius 3 is 2.68 bits per heavy atom. The lowest BCUT2D eigenvalue weighted by atomic mass is 10.1. The molecule has 2 rings (SSSR count). The standard InChI is InChI=1S/C15H20FN5O/c1-11(12-4-6-13(16)7-5-12)21-10-14(18-19-21)15(22)17-8-9-20(2)3/h4-7,10-11H,8-9H2,1-3H3,(H,17,22)/p+1/t11-/m0/s1. The van der Waals surface area contributed by atoms with E-state index >= 15 is 0 Å². The summed E-state index contributed by atoms with van der Waals surface area (Å²) in [6, 6.07) is 6.07. The molecule has 118 valence electrons. The van der Waals surface area contributed by atoms with Crippen LogP contribution in [0.1, 0.15) is 29.0 Å². The fraction of sp³-hybridized carbons (Fsp3) is 0.400. The second-order valence-electron chi connectivity index (χ2n) is 5.52. The summed E-state index contributed by atoms with van der Waals surface area (Å²) >= 11 is 0. The number of nitrogens with zero attached hydrogens (tertiary/aromatic N) is 3. The topological polar surface area (TPSA) is 64.2 Å². The van der Waals surface area contributed by atoms with Gasteiger partial charge < -0.3 is 10.2 Å². The highest BCUT2D eigenvalue weighted by atomic mass is 19.1. The van der Waals surface area contributed by atoms with Crippen LogP contribution in [0, 0.1) is 5.82 Å². The highest BCUT2D eigenvalue weighted by Gasteiger charge is 2.15. The number of aromatic nitrogens is 3. The first-order valence-electron chi connectivity index (χ1n) is 7.22. The highest BCUT2D eigenvalue weighted by Crippen LogP contribution is 2.17. The predicted octanol–water partition coefficient (Wildman–Crippen LogP) is -0.0992. The van der Waals surface area contributed by atoms with Crippen LogP contribution in [-0.4, -0.2) is 48.1 Å². The molecule has 1 aromatic carbocycles. The van der Waals surface area contributed by atoms with E-state index in [9.17, 15) is 9.18 Å². The van der Waals surface area contributed by atoms with Crippen LogP contribution in [0.3, 0.4) is 0 Å². The van der Waals surface area contributed by atoms with Crippen LogP contribution < -0.4 is 10.2 Å². The number of likely N-dealkylation sites (N-methyl/N-ethyl adjacent to an activating group) is 1. The Morgan fingerprint density at radius 2 is 2.05 bits per heavy atom. The number of amides is 1. The molecule has 1 aromatic heterocycles. The lowest BCUT2D eigenvalue weighted by Crippen LogP contribution is -3.06. The van der Waals surface area contributed by atoms with Crippen LogP contribution in [-0.2, 0) is 0 Å². The molecule has 1 heterocycles. The summed E-state index contributed by atoms with van der Waals surface area (Å²) in [5.74, 6) is -0.517. The minimum absolute atomic E-state index is 0.124. The van der Waals surface area contributed by atoms with Crippen LogP contribution in [0.15, 0.2) is 30.5 Å². The van der Waals surface area contributed by atoms with E-state index in [1.165, 1.54) is 17.0 Å². The summed E-state index contributed by atoms with van der Waals surface area (Å²) in [6.45, 7) is 3.34. The number of carbonyl (C=O) groups excluding carboxylic acids is 1. The van der Waals surface area contributed by atoms with Gasteiger partial charge in [0.2, 0.25) is 0 Å². The van der Waals surface area contributed by atoms with Gasteiger partial charge in [0.1, 0.15) is 5.82 Å². The molecule has 1 atom stereocenters. The van der Waals surface area contributed by atoms with Gasteiger partial charge in [0.25, 0.3) is 5.91 Å². The van der Waals surface area contributed by atoms with Crippen molar-refractivity contribution in [2.24, 2.45) is 0 Å². The van der Waals surface area contributed by atoms with Crippen molar-refractivity contribution in [3.8, 4) is 0 Å².